The largest absolute Gasteiger partial charge is 0.370 e. The van der Waals surface area contributed by atoms with E-state index >= 15 is 0 Å². The third-order valence-corrected chi connectivity index (χ3v) is 4.46. The molecule has 0 radical (unpaired) electrons. The molecule has 23 heavy (non-hydrogen) atoms. The molecule has 2 aromatic carbocycles. The molecule has 4 N–H and O–H groups in total. The normalized spacial score (nSPS) is 11.5. The Morgan fingerprint density at radius 3 is 2.61 bits per heavy atom. The Balaban J connectivity index is 2.33. The van der Waals surface area contributed by atoms with Crippen molar-refractivity contribution in [3.63, 3.8) is 0 Å². The fraction of sp³-hybridized carbons (Fsp3) is 0.0667. The Kier molecular flexibility index (Phi) is 3.53. The van der Waals surface area contributed by atoms with Gasteiger partial charge in [0.25, 0.3) is 0 Å². The van der Waals surface area contributed by atoms with Gasteiger partial charge in [0.15, 0.2) is 15.8 Å². The van der Waals surface area contributed by atoms with E-state index in [9.17, 15) is 8.42 Å². The van der Waals surface area contributed by atoms with Gasteiger partial charge in [-0.2, -0.15) is 0 Å². The number of fused-ring (bicyclic) bond motifs is 1. The van der Waals surface area contributed by atoms with Crippen molar-refractivity contribution < 1.29 is 8.42 Å². The number of hydrogen-bond donors (Lipinski definition) is 2. The van der Waals surface area contributed by atoms with Gasteiger partial charge in [0.1, 0.15) is 6.33 Å². The second-order valence-corrected chi connectivity index (χ2v) is 7.05. The molecule has 0 aliphatic heterocycles. The molecule has 1 aromatic heterocycles. The maximum Gasteiger partial charge on any atom is 0.191 e. The van der Waals surface area contributed by atoms with Crippen molar-refractivity contribution in [2.75, 3.05) is 6.26 Å². The van der Waals surface area contributed by atoms with Gasteiger partial charge in [0.05, 0.1) is 27.3 Å². The minimum absolute atomic E-state index is 0.0986. The second kappa shape index (κ2) is 5.40. The minimum atomic E-state index is -3.43. The second-order valence-electron chi connectivity index (χ2n) is 5.06. The molecular formula is C15H15N5O2S. The molecule has 118 valence electrons. The molecule has 0 aliphatic carbocycles. The van der Waals surface area contributed by atoms with Crippen molar-refractivity contribution in [3.05, 3.63) is 48.8 Å². The van der Waals surface area contributed by atoms with Crippen LogP contribution in [-0.2, 0) is 9.84 Å². The summed E-state index contributed by atoms with van der Waals surface area (Å²) in [5, 5.41) is 0. The molecular weight excluding hydrogens is 314 g/mol. The zero-order valence-electron chi connectivity index (χ0n) is 12.3. The molecule has 8 heteroatoms. The topological polar surface area (TPSA) is 116 Å². The van der Waals surface area contributed by atoms with Crippen LogP contribution in [-0.4, -0.2) is 30.2 Å². The molecule has 0 unspecified atom stereocenters. The van der Waals surface area contributed by atoms with Crippen LogP contribution in [0.3, 0.4) is 0 Å². The fourth-order valence-corrected chi connectivity index (χ4v) is 3.23. The zero-order valence-corrected chi connectivity index (χ0v) is 13.2. The van der Waals surface area contributed by atoms with Crippen LogP contribution < -0.4 is 11.5 Å². The smallest absolute Gasteiger partial charge is 0.191 e. The van der Waals surface area contributed by atoms with Gasteiger partial charge in [-0.3, -0.25) is 4.57 Å². The maximum atomic E-state index is 12.1. The van der Waals surface area contributed by atoms with E-state index in [0.29, 0.717) is 11.4 Å². The number of benzene rings is 2. The Morgan fingerprint density at radius 1 is 1.17 bits per heavy atom. The first kappa shape index (κ1) is 15.0. The highest BCUT2D eigenvalue weighted by atomic mass is 32.2. The molecule has 0 amide bonds. The van der Waals surface area contributed by atoms with Gasteiger partial charge in [-0.05, 0) is 30.3 Å². The third-order valence-electron chi connectivity index (χ3n) is 3.31. The number of rotatable bonds is 3. The summed E-state index contributed by atoms with van der Waals surface area (Å²) in [6, 6.07) is 12.1. The average Bonchev–Trinajstić information content (AvgIpc) is 2.89. The number of imidazole rings is 1. The molecule has 0 spiro atoms. The van der Waals surface area contributed by atoms with Crippen molar-refractivity contribution in [2.45, 2.75) is 4.90 Å². The molecule has 0 bridgehead atoms. The highest BCUT2D eigenvalue weighted by molar-refractivity contribution is 7.90. The standard InChI is InChI=1S/C15H15N5O2S/c1-23(21,22)14-7-6-10(19-15(16)17)8-13(14)20-9-18-11-4-2-3-5-12(11)20/h2-9H,1H3,(H4,16,17,19). The Labute approximate surface area is 133 Å². The molecule has 0 aliphatic rings. The highest BCUT2D eigenvalue weighted by Gasteiger charge is 2.17. The van der Waals surface area contributed by atoms with E-state index in [1.165, 1.54) is 6.07 Å². The van der Waals surface area contributed by atoms with Crippen molar-refractivity contribution in [3.8, 4) is 5.69 Å². The van der Waals surface area contributed by atoms with E-state index in [2.05, 4.69) is 9.98 Å². The van der Waals surface area contributed by atoms with Crippen LogP contribution in [0.2, 0.25) is 0 Å². The van der Waals surface area contributed by atoms with E-state index in [4.69, 9.17) is 11.5 Å². The van der Waals surface area contributed by atoms with E-state index in [-0.39, 0.29) is 10.9 Å². The van der Waals surface area contributed by atoms with Crippen molar-refractivity contribution in [1.82, 2.24) is 9.55 Å². The summed E-state index contributed by atoms with van der Waals surface area (Å²) >= 11 is 0. The van der Waals surface area contributed by atoms with Crippen LogP contribution in [0.5, 0.6) is 0 Å². The maximum absolute atomic E-state index is 12.1. The SMILES string of the molecule is CS(=O)(=O)c1ccc(N=C(N)N)cc1-n1cnc2ccccc21. The summed E-state index contributed by atoms with van der Waals surface area (Å²) < 4.78 is 25.9. The van der Waals surface area contributed by atoms with Crippen molar-refractivity contribution in [1.29, 1.82) is 0 Å². The quantitative estimate of drug-likeness (QED) is 0.555. The van der Waals surface area contributed by atoms with Gasteiger partial charge in [-0.15, -0.1) is 0 Å². The number of para-hydroxylation sites is 2. The predicted octanol–water partition coefficient (Wildman–Crippen LogP) is 1.33. The third kappa shape index (κ3) is 2.88. The monoisotopic (exact) mass is 329 g/mol. The predicted molar refractivity (Wildman–Crippen MR) is 89.6 cm³/mol. The van der Waals surface area contributed by atoms with E-state index in [0.717, 1.165) is 17.3 Å². The Morgan fingerprint density at radius 2 is 1.91 bits per heavy atom. The van der Waals surface area contributed by atoms with Gasteiger partial charge < -0.3 is 11.5 Å². The summed E-state index contributed by atoms with van der Waals surface area (Å²) in [6.07, 6.45) is 2.74. The van der Waals surface area contributed by atoms with Crippen molar-refractivity contribution in [2.24, 2.45) is 16.5 Å². The van der Waals surface area contributed by atoms with Gasteiger partial charge in [0, 0.05) is 6.26 Å². The van der Waals surface area contributed by atoms with Gasteiger partial charge in [0.2, 0.25) is 0 Å². The number of aliphatic imine (C=N–C) groups is 1. The van der Waals surface area contributed by atoms with Crippen LogP contribution >= 0.6 is 0 Å². The molecule has 0 atom stereocenters. The lowest BCUT2D eigenvalue weighted by Crippen LogP contribution is -2.21. The fourth-order valence-electron chi connectivity index (χ4n) is 2.38. The number of sulfone groups is 1. The van der Waals surface area contributed by atoms with E-state index < -0.39 is 9.84 Å². The number of nitrogens with zero attached hydrogens (tertiary/aromatic N) is 3. The van der Waals surface area contributed by atoms with E-state index in [1.54, 1.807) is 23.0 Å². The molecule has 0 fully saturated rings. The Bertz CT molecular complexity index is 1020. The molecule has 3 rings (SSSR count). The van der Waals surface area contributed by atoms with Gasteiger partial charge in [-0.25, -0.2) is 18.4 Å². The van der Waals surface area contributed by atoms with Crippen LogP contribution in [0, 0.1) is 0 Å². The lowest BCUT2D eigenvalue weighted by molar-refractivity contribution is 0.601. The molecule has 0 saturated heterocycles. The lowest BCUT2D eigenvalue weighted by Gasteiger charge is -2.11. The first-order valence-electron chi connectivity index (χ1n) is 6.72. The van der Waals surface area contributed by atoms with Gasteiger partial charge in [-0.1, -0.05) is 12.1 Å². The van der Waals surface area contributed by atoms with E-state index in [1.807, 2.05) is 24.3 Å². The number of nitrogens with two attached hydrogens (primary N) is 2. The van der Waals surface area contributed by atoms with Crippen LogP contribution in [0.4, 0.5) is 5.69 Å². The summed E-state index contributed by atoms with van der Waals surface area (Å²) in [6.45, 7) is 0. The zero-order chi connectivity index (χ0) is 16.6. The molecule has 7 nitrogen and oxygen atoms in total. The summed E-state index contributed by atoms with van der Waals surface area (Å²) in [4.78, 5) is 8.44. The number of hydrogen-bond acceptors (Lipinski definition) is 4. The summed E-state index contributed by atoms with van der Waals surface area (Å²) in [5.41, 5.74) is 13.3. The summed E-state index contributed by atoms with van der Waals surface area (Å²) in [7, 11) is -3.43. The first-order valence-corrected chi connectivity index (χ1v) is 8.61. The number of aromatic nitrogens is 2. The molecule has 3 aromatic rings. The first-order chi connectivity index (χ1) is 10.9. The number of guanidine groups is 1. The average molecular weight is 329 g/mol. The highest BCUT2D eigenvalue weighted by Crippen LogP contribution is 2.28. The molecule has 0 saturated carbocycles. The van der Waals surface area contributed by atoms with Gasteiger partial charge >= 0.3 is 0 Å². The van der Waals surface area contributed by atoms with Crippen LogP contribution in [0.15, 0.2) is 58.7 Å². The molecule has 1 heterocycles. The summed E-state index contributed by atoms with van der Waals surface area (Å²) in [5.74, 6) is -0.0986. The minimum Gasteiger partial charge on any atom is -0.370 e. The van der Waals surface area contributed by atoms with Crippen LogP contribution in [0.25, 0.3) is 16.7 Å². The lowest BCUT2D eigenvalue weighted by atomic mass is 10.2. The Hall–Kier alpha value is -2.87. The van der Waals surface area contributed by atoms with Crippen molar-refractivity contribution >= 4 is 32.5 Å². The van der Waals surface area contributed by atoms with Crippen LogP contribution in [0.1, 0.15) is 0 Å².